The SMILES string of the molecule is O=C(Nc1cn2cc(-c3cc(Cl)cc(F)c3CO)ccc2n1)C1CC1. The number of anilines is 1. The molecule has 0 aliphatic heterocycles. The number of rotatable bonds is 4. The highest BCUT2D eigenvalue weighted by molar-refractivity contribution is 6.30. The number of aliphatic hydroxyl groups is 1. The van der Waals surface area contributed by atoms with Crippen molar-refractivity contribution in [2.24, 2.45) is 5.92 Å². The maximum atomic E-state index is 14.0. The molecule has 1 saturated carbocycles. The summed E-state index contributed by atoms with van der Waals surface area (Å²) in [5, 5.41) is 12.5. The van der Waals surface area contributed by atoms with Gasteiger partial charge in [-0.3, -0.25) is 4.79 Å². The molecule has 0 unspecified atom stereocenters. The Labute approximate surface area is 148 Å². The van der Waals surface area contributed by atoms with Crippen LogP contribution in [0.15, 0.2) is 36.7 Å². The van der Waals surface area contributed by atoms with E-state index in [0.717, 1.165) is 12.8 Å². The van der Waals surface area contributed by atoms with E-state index < -0.39 is 12.4 Å². The summed E-state index contributed by atoms with van der Waals surface area (Å²) in [6, 6.07) is 6.34. The van der Waals surface area contributed by atoms with Gasteiger partial charge in [0.15, 0.2) is 5.82 Å². The predicted octanol–water partition coefficient (Wildman–Crippen LogP) is 3.63. The van der Waals surface area contributed by atoms with Crippen LogP contribution in [-0.2, 0) is 11.4 Å². The van der Waals surface area contributed by atoms with Gasteiger partial charge in [0.2, 0.25) is 5.91 Å². The van der Waals surface area contributed by atoms with E-state index in [2.05, 4.69) is 10.3 Å². The highest BCUT2D eigenvalue weighted by Gasteiger charge is 2.30. The molecule has 1 fully saturated rings. The first-order valence-corrected chi connectivity index (χ1v) is 8.31. The third-order valence-electron chi connectivity index (χ3n) is 4.28. The third-order valence-corrected chi connectivity index (χ3v) is 4.50. The second-order valence-corrected chi connectivity index (χ2v) is 6.58. The zero-order chi connectivity index (χ0) is 17.6. The lowest BCUT2D eigenvalue weighted by Gasteiger charge is -2.10. The van der Waals surface area contributed by atoms with E-state index in [1.54, 1.807) is 35.0 Å². The summed E-state index contributed by atoms with van der Waals surface area (Å²) in [5.41, 5.74) is 2.05. The van der Waals surface area contributed by atoms with E-state index in [0.29, 0.717) is 22.6 Å². The lowest BCUT2D eigenvalue weighted by molar-refractivity contribution is -0.117. The van der Waals surface area contributed by atoms with Gasteiger partial charge in [-0.05, 0) is 48.2 Å². The van der Waals surface area contributed by atoms with Gasteiger partial charge in [0, 0.05) is 22.7 Å². The second kappa shape index (κ2) is 6.13. The van der Waals surface area contributed by atoms with Crippen molar-refractivity contribution in [2.75, 3.05) is 5.32 Å². The summed E-state index contributed by atoms with van der Waals surface area (Å²) in [4.78, 5) is 16.2. The zero-order valence-corrected chi connectivity index (χ0v) is 13.9. The standard InChI is InChI=1S/C18H15ClFN3O2/c19-12-5-13(14(9-24)15(20)6-12)11-3-4-17-21-16(8-23(17)7-11)22-18(25)10-1-2-10/h3-8,10,24H,1-2,9H2,(H,22,25). The van der Waals surface area contributed by atoms with Crippen molar-refractivity contribution in [1.29, 1.82) is 0 Å². The number of hydrogen-bond donors (Lipinski definition) is 2. The molecule has 1 aliphatic rings. The maximum absolute atomic E-state index is 14.0. The number of aliphatic hydroxyl groups excluding tert-OH is 1. The number of aromatic nitrogens is 2. The number of amides is 1. The number of benzene rings is 1. The van der Waals surface area contributed by atoms with Crippen LogP contribution in [0, 0.1) is 11.7 Å². The van der Waals surface area contributed by atoms with Crippen LogP contribution in [0.25, 0.3) is 16.8 Å². The van der Waals surface area contributed by atoms with Gasteiger partial charge in [-0.25, -0.2) is 9.37 Å². The molecule has 5 nitrogen and oxygen atoms in total. The van der Waals surface area contributed by atoms with Gasteiger partial charge in [-0.1, -0.05) is 11.6 Å². The summed E-state index contributed by atoms with van der Waals surface area (Å²) in [7, 11) is 0. The molecule has 2 heterocycles. The van der Waals surface area contributed by atoms with Crippen molar-refractivity contribution in [3.8, 4) is 11.1 Å². The highest BCUT2D eigenvalue weighted by atomic mass is 35.5. The third kappa shape index (κ3) is 3.10. The molecule has 2 aromatic heterocycles. The lowest BCUT2D eigenvalue weighted by atomic mass is 10.0. The normalized spacial score (nSPS) is 14.0. The number of hydrogen-bond acceptors (Lipinski definition) is 3. The lowest BCUT2D eigenvalue weighted by Crippen LogP contribution is -2.13. The Morgan fingerprint density at radius 2 is 2.16 bits per heavy atom. The minimum atomic E-state index is -0.548. The molecule has 0 atom stereocenters. The monoisotopic (exact) mass is 359 g/mol. The number of carbonyl (C=O) groups excluding carboxylic acids is 1. The maximum Gasteiger partial charge on any atom is 0.228 e. The molecule has 1 aromatic carbocycles. The molecule has 128 valence electrons. The molecule has 0 saturated heterocycles. The number of nitrogens with one attached hydrogen (secondary N) is 1. The van der Waals surface area contributed by atoms with E-state index in [4.69, 9.17) is 11.6 Å². The quantitative estimate of drug-likeness (QED) is 0.747. The molecule has 2 N–H and O–H groups in total. The highest BCUT2D eigenvalue weighted by Crippen LogP contribution is 2.31. The van der Waals surface area contributed by atoms with Gasteiger partial charge in [0.05, 0.1) is 12.8 Å². The largest absolute Gasteiger partial charge is 0.392 e. The summed E-state index contributed by atoms with van der Waals surface area (Å²) in [6.07, 6.45) is 5.32. The van der Waals surface area contributed by atoms with Crippen molar-refractivity contribution in [2.45, 2.75) is 19.4 Å². The van der Waals surface area contributed by atoms with Crippen LogP contribution in [-0.4, -0.2) is 20.4 Å². The van der Waals surface area contributed by atoms with E-state index in [1.807, 2.05) is 0 Å². The number of pyridine rings is 1. The van der Waals surface area contributed by atoms with Crippen molar-refractivity contribution < 1.29 is 14.3 Å². The van der Waals surface area contributed by atoms with Crippen LogP contribution in [0.5, 0.6) is 0 Å². The van der Waals surface area contributed by atoms with E-state index in [-0.39, 0.29) is 22.4 Å². The number of imidazole rings is 1. The zero-order valence-electron chi connectivity index (χ0n) is 13.2. The van der Waals surface area contributed by atoms with Crippen molar-refractivity contribution in [1.82, 2.24) is 9.38 Å². The second-order valence-electron chi connectivity index (χ2n) is 6.14. The number of fused-ring (bicyclic) bond motifs is 1. The topological polar surface area (TPSA) is 66.6 Å². The van der Waals surface area contributed by atoms with Gasteiger partial charge < -0.3 is 14.8 Å². The van der Waals surface area contributed by atoms with Crippen molar-refractivity contribution in [3.63, 3.8) is 0 Å². The Balaban J connectivity index is 1.73. The summed E-state index contributed by atoms with van der Waals surface area (Å²) in [6.45, 7) is -0.428. The Morgan fingerprint density at radius 3 is 2.88 bits per heavy atom. The molecular formula is C18H15ClFN3O2. The Bertz CT molecular complexity index is 982. The van der Waals surface area contributed by atoms with Gasteiger partial charge in [0.25, 0.3) is 0 Å². The first-order chi connectivity index (χ1) is 12.0. The summed E-state index contributed by atoms with van der Waals surface area (Å²) in [5.74, 6) is 0.0202. The predicted molar refractivity (Wildman–Crippen MR) is 92.9 cm³/mol. The van der Waals surface area contributed by atoms with Crippen LogP contribution in [0.3, 0.4) is 0 Å². The minimum absolute atomic E-state index is 0.0110. The molecule has 1 aliphatic carbocycles. The smallest absolute Gasteiger partial charge is 0.228 e. The fraction of sp³-hybridized carbons (Fsp3) is 0.222. The van der Waals surface area contributed by atoms with Gasteiger partial charge in [-0.2, -0.15) is 0 Å². The van der Waals surface area contributed by atoms with Crippen molar-refractivity contribution >= 4 is 29.0 Å². The average molecular weight is 360 g/mol. The van der Waals surface area contributed by atoms with Crippen LogP contribution >= 0.6 is 11.6 Å². The number of halogens is 2. The first-order valence-electron chi connectivity index (χ1n) is 7.94. The molecule has 7 heteroatoms. The first kappa shape index (κ1) is 16.1. The number of carbonyl (C=O) groups is 1. The van der Waals surface area contributed by atoms with Gasteiger partial charge in [-0.15, -0.1) is 0 Å². The molecule has 0 bridgehead atoms. The summed E-state index contributed by atoms with van der Waals surface area (Å²) >= 11 is 5.96. The van der Waals surface area contributed by atoms with E-state index >= 15 is 0 Å². The minimum Gasteiger partial charge on any atom is -0.392 e. The molecule has 1 amide bonds. The van der Waals surface area contributed by atoms with E-state index in [9.17, 15) is 14.3 Å². The molecule has 3 aromatic rings. The fourth-order valence-electron chi connectivity index (χ4n) is 2.81. The van der Waals surface area contributed by atoms with Crippen molar-refractivity contribution in [3.05, 3.63) is 53.1 Å². The molecule has 25 heavy (non-hydrogen) atoms. The van der Waals surface area contributed by atoms with Crippen LogP contribution in [0.2, 0.25) is 5.02 Å². The Morgan fingerprint density at radius 1 is 1.36 bits per heavy atom. The number of nitrogens with zero attached hydrogens (tertiary/aromatic N) is 2. The Hall–Kier alpha value is -2.44. The average Bonchev–Trinajstić information content (AvgIpc) is 3.34. The molecular weight excluding hydrogens is 345 g/mol. The van der Waals surface area contributed by atoms with Crippen LogP contribution in [0.4, 0.5) is 10.2 Å². The van der Waals surface area contributed by atoms with Crippen LogP contribution in [0.1, 0.15) is 18.4 Å². The summed E-state index contributed by atoms with van der Waals surface area (Å²) < 4.78 is 15.8. The van der Waals surface area contributed by atoms with Gasteiger partial charge in [0.1, 0.15) is 11.5 Å². The molecule has 4 rings (SSSR count). The fourth-order valence-corrected chi connectivity index (χ4v) is 3.01. The van der Waals surface area contributed by atoms with E-state index in [1.165, 1.54) is 6.07 Å². The van der Waals surface area contributed by atoms with Crippen LogP contribution < -0.4 is 5.32 Å². The Kier molecular flexibility index (Phi) is 3.94. The molecule has 0 radical (unpaired) electrons. The molecule has 0 spiro atoms. The van der Waals surface area contributed by atoms with Gasteiger partial charge >= 0.3 is 0 Å².